The van der Waals surface area contributed by atoms with E-state index in [0.29, 0.717) is 10.8 Å². The lowest BCUT2D eigenvalue weighted by molar-refractivity contribution is -0.284. The molecule has 1 saturated heterocycles. The van der Waals surface area contributed by atoms with Gasteiger partial charge in [0.05, 0.1) is 12.2 Å². The van der Waals surface area contributed by atoms with Gasteiger partial charge in [0.15, 0.2) is 6.29 Å². The standard InChI is InChI=1S/C14H24O2/c1-10-15-8-7-14(16-10)9-11-5-6-13(14,4)12(11,2)3/h10-11H,5-9H2,1-4H3/t10?,11-,13-,14-/m0/s1. The van der Waals surface area contributed by atoms with Crippen LogP contribution >= 0.6 is 0 Å². The summed E-state index contributed by atoms with van der Waals surface area (Å²) in [4.78, 5) is 0. The zero-order chi connectivity index (χ0) is 11.6. The third kappa shape index (κ3) is 1.06. The first kappa shape index (κ1) is 11.0. The van der Waals surface area contributed by atoms with E-state index in [9.17, 15) is 0 Å². The van der Waals surface area contributed by atoms with E-state index in [1.54, 1.807) is 0 Å². The molecule has 0 aromatic rings. The van der Waals surface area contributed by atoms with Gasteiger partial charge in [0.25, 0.3) is 0 Å². The summed E-state index contributed by atoms with van der Waals surface area (Å²) in [5, 5.41) is 0. The maximum atomic E-state index is 6.29. The van der Waals surface area contributed by atoms with Crippen LogP contribution in [0.1, 0.15) is 53.4 Å². The fourth-order valence-corrected chi connectivity index (χ4v) is 4.75. The first-order valence-corrected chi connectivity index (χ1v) is 6.71. The molecule has 3 aliphatic rings. The van der Waals surface area contributed by atoms with Crippen LogP contribution in [0.3, 0.4) is 0 Å². The van der Waals surface area contributed by atoms with Crippen molar-refractivity contribution in [2.24, 2.45) is 16.7 Å². The first-order chi connectivity index (χ1) is 7.41. The molecule has 4 atom stereocenters. The summed E-state index contributed by atoms with van der Waals surface area (Å²) in [6.45, 7) is 10.3. The predicted octanol–water partition coefficient (Wildman–Crippen LogP) is 3.35. The molecule has 92 valence electrons. The molecule has 2 aliphatic carbocycles. The van der Waals surface area contributed by atoms with Gasteiger partial charge >= 0.3 is 0 Å². The lowest BCUT2D eigenvalue weighted by atomic mass is 9.63. The van der Waals surface area contributed by atoms with Crippen LogP contribution in [0, 0.1) is 16.7 Å². The van der Waals surface area contributed by atoms with Crippen LogP contribution in [-0.2, 0) is 9.47 Å². The van der Waals surface area contributed by atoms with Crippen LogP contribution in [-0.4, -0.2) is 18.5 Å². The molecule has 1 aliphatic heterocycles. The molecule has 0 radical (unpaired) electrons. The Morgan fingerprint density at radius 1 is 1.12 bits per heavy atom. The number of hydrogen-bond acceptors (Lipinski definition) is 2. The van der Waals surface area contributed by atoms with E-state index < -0.39 is 0 Å². The topological polar surface area (TPSA) is 18.5 Å². The van der Waals surface area contributed by atoms with Gasteiger partial charge < -0.3 is 9.47 Å². The Labute approximate surface area is 98.7 Å². The Balaban J connectivity index is 1.99. The summed E-state index contributed by atoms with van der Waals surface area (Å²) < 4.78 is 11.8. The molecule has 2 saturated carbocycles. The molecule has 2 nitrogen and oxygen atoms in total. The molecule has 2 heteroatoms. The van der Waals surface area contributed by atoms with Crippen LogP contribution in [0.4, 0.5) is 0 Å². The third-order valence-corrected chi connectivity index (χ3v) is 6.27. The molecule has 0 N–H and O–H groups in total. The van der Waals surface area contributed by atoms with Crippen molar-refractivity contribution in [2.45, 2.75) is 65.3 Å². The van der Waals surface area contributed by atoms with Gasteiger partial charge in [-0.25, -0.2) is 0 Å². The van der Waals surface area contributed by atoms with Gasteiger partial charge in [-0.3, -0.25) is 0 Å². The van der Waals surface area contributed by atoms with Crippen molar-refractivity contribution in [1.82, 2.24) is 0 Å². The molecule has 2 bridgehead atoms. The van der Waals surface area contributed by atoms with Gasteiger partial charge in [0, 0.05) is 11.8 Å². The van der Waals surface area contributed by atoms with E-state index in [1.165, 1.54) is 19.3 Å². The van der Waals surface area contributed by atoms with Crippen molar-refractivity contribution >= 4 is 0 Å². The first-order valence-electron chi connectivity index (χ1n) is 6.71. The average molecular weight is 224 g/mol. The number of ether oxygens (including phenoxy) is 2. The molecular weight excluding hydrogens is 200 g/mol. The Morgan fingerprint density at radius 3 is 2.38 bits per heavy atom. The van der Waals surface area contributed by atoms with Crippen molar-refractivity contribution < 1.29 is 9.47 Å². The average Bonchev–Trinajstić information content (AvgIpc) is 2.50. The van der Waals surface area contributed by atoms with Crippen LogP contribution in [0.2, 0.25) is 0 Å². The summed E-state index contributed by atoms with van der Waals surface area (Å²) in [7, 11) is 0. The second kappa shape index (κ2) is 3.02. The summed E-state index contributed by atoms with van der Waals surface area (Å²) >= 11 is 0. The van der Waals surface area contributed by atoms with Crippen molar-refractivity contribution in [3.8, 4) is 0 Å². The molecular formula is C14H24O2. The van der Waals surface area contributed by atoms with Crippen molar-refractivity contribution in [1.29, 1.82) is 0 Å². The SMILES string of the molecule is CC1OCC[C@@]2(C[C@@H]3CC[C@@]2(C)C3(C)C)O1. The molecule has 3 rings (SSSR count). The summed E-state index contributed by atoms with van der Waals surface area (Å²) in [6.07, 6.45) is 5.06. The zero-order valence-electron chi connectivity index (χ0n) is 11.0. The van der Waals surface area contributed by atoms with Gasteiger partial charge in [0.2, 0.25) is 0 Å². The van der Waals surface area contributed by atoms with E-state index in [-0.39, 0.29) is 11.9 Å². The van der Waals surface area contributed by atoms with Crippen molar-refractivity contribution in [2.75, 3.05) is 6.61 Å². The highest BCUT2D eigenvalue weighted by Crippen LogP contribution is 2.72. The predicted molar refractivity (Wildman–Crippen MR) is 63.1 cm³/mol. The second-order valence-corrected chi connectivity index (χ2v) is 6.79. The van der Waals surface area contributed by atoms with E-state index in [4.69, 9.17) is 9.47 Å². The van der Waals surface area contributed by atoms with Crippen molar-refractivity contribution in [3.63, 3.8) is 0 Å². The smallest absolute Gasteiger partial charge is 0.155 e. The van der Waals surface area contributed by atoms with Crippen molar-refractivity contribution in [3.05, 3.63) is 0 Å². The van der Waals surface area contributed by atoms with E-state index >= 15 is 0 Å². The Bertz CT molecular complexity index is 312. The van der Waals surface area contributed by atoms with E-state index in [2.05, 4.69) is 20.8 Å². The molecule has 3 fully saturated rings. The number of fused-ring (bicyclic) bond motifs is 3. The molecule has 16 heavy (non-hydrogen) atoms. The molecule has 1 unspecified atom stereocenters. The van der Waals surface area contributed by atoms with Gasteiger partial charge in [0.1, 0.15) is 0 Å². The van der Waals surface area contributed by atoms with Crippen LogP contribution in [0.5, 0.6) is 0 Å². The maximum Gasteiger partial charge on any atom is 0.155 e. The van der Waals surface area contributed by atoms with Gasteiger partial charge in [-0.15, -0.1) is 0 Å². The Hall–Kier alpha value is -0.0800. The molecule has 0 aromatic carbocycles. The minimum absolute atomic E-state index is 0.0132. The highest BCUT2D eigenvalue weighted by Gasteiger charge is 2.70. The highest BCUT2D eigenvalue weighted by atomic mass is 16.7. The minimum Gasteiger partial charge on any atom is -0.353 e. The van der Waals surface area contributed by atoms with E-state index in [1.807, 2.05) is 6.92 Å². The summed E-state index contributed by atoms with van der Waals surface area (Å²) in [6, 6.07) is 0. The molecule has 1 spiro atoms. The van der Waals surface area contributed by atoms with Crippen LogP contribution in [0.15, 0.2) is 0 Å². The summed E-state index contributed by atoms with van der Waals surface area (Å²) in [5.41, 5.74) is 0.893. The minimum atomic E-state index is -0.0132. The zero-order valence-corrected chi connectivity index (χ0v) is 11.0. The molecule has 0 aromatic heterocycles. The number of hydrogen-bond donors (Lipinski definition) is 0. The molecule has 0 amide bonds. The highest BCUT2D eigenvalue weighted by molar-refractivity contribution is 5.18. The third-order valence-electron chi connectivity index (χ3n) is 6.27. The quantitative estimate of drug-likeness (QED) is 0.628. The van der Waals surface area contributed by atoms with Gasteiger partial charge in [-0.05, 0) is 37.5 Å². The van der Waals surface area contributed by atoms with E-state index in [0.717, 1.165) is 18.9 Å². The normalized spacial score (nSPS) is 54.8. The van der Waals surface area contributed by atoms with Crippen LogP contribution < -0.4 is 0 Å². The van der Waals surface area contributed by atoms with Crippen LogP contribution in [0.25, 0.3) is 0 Å². The fourth-order valence-electron chi connectivity index (χ4n) is 4.75. The number of rotatable bonds is 0. The maximum absolute atomic E-state index is 6.29. The van der Waals surface area contributed by atoms with Gasteiger partial charge in [-0.1, -0.05) is 20.8 Å². The lowest BCUT2D eigenvalue weighted by Gasteiger charge is -2.51. The Morgan fingerprint density at radius 2 is 1.88 bits per heavy atom. The fraction of sp³-hybridized carbons (Fsp3) is 1.00. The lowest BCUT2D eigenvalue weighted by Crippen LogP contribution is -2.54. The largest absolute Gasteiger partial charge is 0.353 e. The second-order valence-electron chi connectivity index (χ2n) is 6.79. The van der Waals surface area contributed by atoms with Gasteiger partial charge in [-0.2, -0.15) is 0 Å². The Kier molecular flexibility index (Phi) is 2.09. The molecule has 1 heterocycles. The monoisotopic (exact) mass is 224 g/mol. The summed E-state index contributed by atoms with van der Waals surface area (Å²) in [5.74, 6) is 0.850.